The number of hydrogen-bond acceptors (Lipinski definition) is 6. The summed E-state index contributed by atoms with van der Waals surface area (Å²) in [6.45, 7) is 12.5. The first-order valence-corrected chi connectivity index (χ1v) is 16.4. The van der Waals surface area contributed by atoms with Crippen molar-refractivity contribution in [1.29, 1.82) is 0 Å². The number of carboxylic acids is 2. The molecule has 0 fully saturated rings. The van der Waals surface area contributed by atoms with Gasteiger partial charge in [-0.2, -0.15) is 13.2 Å². The molecule has 0 heterocycles. The van der Waals surface area contributed by atoms with Crippen LogP contribution in [0, 0.1) is 0 Å². The zero-order valence-corrected chi connectivity index (χ0v) is 30.0. The summed E-state index contributed by atoms with van der Waals surface area (Å²) < 4.78 is 55.9. The number of aromatic carboxylic acids is 2. The fourth-order valence-corrected chi connectivity index (χ4v) is 5.57. The van der Waals surface area contributed by atoms with Crippen LogP contribution in [0.25, 0.3) is 0 Å². The molecule has 2 N–H and O–H groups in total. The summed E-state index contributed by atoms with van der Waals surface area (Å²) in [5.41, 5.74) is -3.49. The number of carbonyl (C=O) groups excluding carboxylic acids is 2. The molecular weight excluding hydrogens is 677 g/mol. The Balaban J connectivity index is 1.67. The highest BCUT2D eigenvalue weighted by Crippen LogP contribution is 2.47. The predicted molar refractivity (Wildman–Crippen MR) is 188 cm³/mol. The first kappa shape index (κ1) is 39.3. The zero-order chi connectivity index (χ0) is 38.8. The van der Waals surface area contributed by atoms with Gasteiger partial charge in [-0.05, 0) is 75.4 Å². The van der Waals surface area contributed by atoms with E-state index in [1.54, 1.807) is 24.3 Å². The summed E-state index contributed by atoms with van der Waals surface area (Å²) in [6, 6.07) is 19.6. The molecule has 4 aromatic carbocycles. The van der Waals surface area contributed by atoms with Crippen LogP contribution in [-0.4, -0.2) is 40.3 Å². The third-order valence-electron chi connectivity index (χ3n) is 9.04. The minimum Gasteiger partial charge on any atom is -0.478 e. The highest BCUT2D eigenvalue weighted by molar-refractivity contribution is 6.03. The number of hydrogen-bond donors (Lipinski definition) is 2. The van der Waals surface area contributed by atoms with Crippen LogP contribution in [0.15, 0.2) is 84.9 Å². The SMILES string of the molecule is CC(C)(C)c1ccc(COC(=O)c2ccc(C(C)(c3ccc(C(=O)O)c(C(=O)OCc4ccc(C(C)(C)C)cc4)c3)C(F)(F)F)cc2C(=O)O)cc1. The van der Waals surface area contributed by atoms with E-state index in [0.717, 1.165) is 54.4 Å². The van der Waals surface area contributed by atoms with Gasteiger partial charge in [0.15, 0.2) is 0 Å². The number of carboxylic acid groups (broad SMARTS) is 2. The van der Waals surface area contributed by atoms with E-state index in [1.807, 2.05) is 65.8 Å². The van der Waals surface area contributed by atoms with E-state index < -0.39 is 68.8 Å². The van der Waals surface area contributed by atoms with E-state index in [1.165, 1.54) is 0 Å². The van der Waals surface area contributed by atoms with Gasteiger partial charge in [-0.25, -0.2) is 19.2 Å². The molecule has 0 aliphatic rings. The molecule has 0 spiro atoms. The normalized spacial score (nSPS) is 13.2. The van der Waals surface area contributed by atoms with Crippen LogP contribution in [0.1, 0.15) is 123 Å². The lowest BCUT2D eigenvalue weighted by Gasteiger charge is -2.34. The van der Waals surface area contributed by atoms with Crippen molar-refractivity contribution >= 4 is 23.9 Å². The van der Waals surface area contributed by atoms with E-state index in [4.69, 9.17) is 9.47 Å². The topological polar surface area (TPSA) is 127 Å². The average molecular weight is 719 g/mol. The fraction of sp³-hybridized carbons (Fsp3) is 0.317. The lowest BCUT2D eigenvalue weighted by atomic mass is 9.74. The molecule has 11 heteroatoms. The zero-order valence-electron chi connectivity index (χ0n) is 30.0. The molecule has 0 bridgehead atoms. The Hall–Kier alpha value is -5.45. The average Bonchev–Trinajstić information content (AvgIpc) is 3.07. The summed E-state index contributed by atoms with van der Waals surface area (Å²) in [7, 11) is 0. The van der Waals surface area contributed by atoms with E-state index >= 15 is 13.2 Å². The van der Waals surface area contributed by atoms with Crippen molar-refractivity contribution in [3.63, 3.8) is 0 Å². The molecule has 0 saturated carbocycles. The highest BCUT2D eigenvalue weighted by Gasteiger charge is 2.54. The Morgan fingerprint density at radius 3 is 1.21 bits per heavy atom. The quantitative estimate of drug-likeness (QED) is 0.155. The molecule has 0 radical (unpaired) electrons. The number of carbonyl (C=O) groups is 4. The number of halogens is 3. The Kier molecular flexibility index (Phi) is 11.1. The van der Waals surface area contributed by atoms with E-state index in [-0.39, 0.29) is 24.0 Å². The summed E-state index contributed by atoms with van der Waals surface area (Å²) >= 11 is 0. The van der Waals surface area contributed by atoms with Crippen LogP contribution < -0.4 is 0 Å². The number of benzene rings is 4. The molecule has 274 valence electrons. The van der Waals surface area contributed by atoms with Gasteiger partial charge in [0.1, 0.15) is 18.6 Å². The smallest absolute Gasteiger partial charge is 0.402 e. The van der Waals surface area contributed by atoms with Crippen LogP contribution in [0.3, 0.4) is 0 Å². The minimum atomic E-state index is -5.09. The van der Waals surface area contributed by atoms with E-state index in [2.05, 4.69) is 0 Å². The maximum Gasteiger partial charge on any atom is 0.402 e. The number of rotatable bonds is 10. The summed E-state index contributed by atoms with van der Waals surface area (Å²) in [5, 5.41) is 19.8. The molecular formula is C41H41F3O8. The third-order valence-corrected chi connectivity index (χ3v) is 9.04. The molecule has 1 atom stereocenters. The van der Waals surface area contributed by atoms with Crippen molar-refractivity contribution in [3.05, 3.63) is 141 Å². The van der Waals surface area contributed by atoms with Crippen molar-refractivity contribution in [1.82, 2.24) is 0 Å². The number of esters is 2. The monoisotopic (exact) mass is 718 g/mol. The maximum atomic E-state index is 15.1. The first-order valence-electron chi connectivity index (χ1n) is 16.4. The molecule has 52 heavy (non-hydrogen) atoms. The van der Waals surface area contributed by atoms with Gasteiger partial charge in [0.25, 0.3) is 0 Å². The van der Waals surface area contributed by atoms with Gasteiger partial charge in [-0.1, -0.05) is 102 Å². The van der Waals surface area contributed by atoms with Gasteiger partial charge in [0, 0.05) is 0 Å². The molecule has 0 aromatic heterocycles. The second kappa shape index (κ2) is 14.7. The summed E-state index contributed by atoms with van der Waals surface area (Å²) in [4.78, 5) is 50.6. The first-order chi connectivity index (χ1) is 24.0. The van der Waals surface area contributed by atoms with Gasteiger partial charge in [0.2, 0.25) is 0 Å². The van der Waals surface area contributed by atoms with Crippen LogP contribution in [0.5, 0.6) is 0 Å². The molecule has 8 nitrogen and oxygen atoms in total. The van der Waals surface area contributed by atoms with Crippen molar-refractivity contribution in [2.75, 3.05) is 0 Å². The summed E-state index contributed by atoms with van der Waals surface area (Å²) in [5.74, 6) is -5.46. The molecule has 0 amide bonds. The minimum absolute atomic E-state index is 0.110. The Morgan fingerprint density at radius 1 is 0.500 bits per heavy atom. The molecule has 4 aromatic rings. The lowest BCUT2D eigenvalue weighted by Crippen LogP contribution is -2.41. The molecule has 1 unspecified atom stereocenters. The predicted octanol–water partition coefficient (Wildman–Crippen LogP) is 9.26. The number of alkyl halides is 3. The van der Waals surface area contributed by atoms with Crippen LogP contribution in [0.2, 0.25) is 0 Å². The van der Waals surface area contributed by atoms with Crippen LogP contribution in [0.4, 0.5) is 13.2 Å². The second-order valence-corrected chi connectivity index (χ2v) is 14.8. The van der Waals surface area contributed by atoms with Crippen molar-refractivity contribution in [3.8, 4) is 0 Å². The van der Waals surface area contributed by atoms with Gasteiger partial charge < -0.3 is 19.7 Å². The molecule has 4 rings (SSSR count). The molecule has 0 aliphatic heterocycles. The van der Waals surface area contributed by atoms with Gasteiger partial charge in [-0.15, -0.1) is 0 Å². The standard InChI is InChI=1S/C41H41F3O8/c1-38(2,3)26-12-8-24(9-13-26)22-51-36(49)31-19-17-28(20-32(31)35(47)48)40(7,41(42,43)44)29-16-18-30(34(45)46)33(21-29)37(50)52-23-25-10-14-27(15-11-25)39(4,5)6/h8-21H,22-23H2,1-7H3,(H,45,46)(H,47,48). The van der Waals surface area contributed by atoms with Crippen LogP contribution in [-0.2, 0) is 38.9 Å². The van der Waals surface area contributed by atoms with Crippen molar-refractivity contribution in [2.45, 2.75) is 84.1 Å². The Labute approximate surface area is 300 Å². The third kappa shape index (κ3) is 8.53. The van der Waals surface area contributed by atoms with Gasteiger partial charge in [0.05, 0.1) is 22.3 Å². The largest absolute Gasteiger partial charge is 0.478 e. The van der Waals surface area contributed by atoms with E-state index in [0.29, 0.717) is 11.1 Å². The Morgan fingerprint density at radius 2 is 0.846 bits per heavy atom. The number of ether oxygens (including phenoxy) is 2. The van der Waals surface area contributed by atoms with E-state index in [9.17, 15) is 29.4 Å². The Bertz CT molecular complexity index is 1980. The maximum absolute atomic E-state index is 15.1. The van der Waals surface area contributed by atoms with Crippen molar-refractivity contribution in [2.24, 2.45) is 0 Å². The summed E-state index contributed by atoms with van der Waals surface area (Å²) in [6.07, 6.45) is -5.09. The fourth-order valence-electron chi connectivity index (χ4n) is 5.57. The van der Waals surface area contributed by atoms with Gasteiger partial charge in [-0.3, -0.25) is 0 Å². The lowest BCUT2D eigenvalue weighted by molar-refractivity contribution is -0.173. The highest BCUT2D eigenvalue weighted by atomic mass is 19.4. The molecule has 0 saturated heterocycles. The van der Waals surface area contributed by atoms with Crippen LogP contribution >= 0.6 is 0 Å². The molecule has 0 aliphatic carbocycles. The van der Waals surface area contributed by atoms with Gasteiger partial charge >= 0.3 is 30.1 Å². The second-order valence-electron chi connectivity index (χ2n) is 14.8. The van der Waals surface area contributed by atoms with Crippen molar-refractivity contribution < 1.29 is 52.0 Å².